The predicted octanol–water partition coefficient (Wildman–Crippen LogP) is 3.74. The van der Waals surface area contributed by atoms with Crippen molar-refractivity contribution in [1.82, 2.24) is 5.43 Å². The number of hydrogen-bond acceptors (Lipinski definition) is 3. The average Bonchev–Trinajstić information content (AvgIpc) is 2.99. The van der Waals surface area contributed by atoms with E-state index >= 15 is 0 Å². The number of ether oxygens (including phenoxy) is 1. The Morgan fingerprint density at radius 2 is 2.14 bits per heavy atom. The molecule has 118 valence electrons. The Kier molecular flexibility index (Phi) is 5.14. The van der Waals surface area contributed by atoms with Gasteiger partial charge in [-0.3, -0.25) is 4.79 Å². The van der Waals surface area contributed by atoms with Crippen molar-refractivity contribution in [2.24, 2.45) is 22.4 Å². The summed E-state index contributed by atoms with van der Waals surface area (Å²) >= 11 is 11.4. The third kappa shape index (κ3) is 3.81. The van der Waals surface area contributed by atoms with Gasteiger partial charge in [0.15, 0.2) is 0 Å². The van der Waals surface area contributed by atoms with Crippen molar-refractivity contribution in [3.63, 3.8) is 0 Å². The maximum atomic E-state index is 12.2. The second-order valence-electron chi connectivity index (χ2n) is 5.79. The molecule has 0 bridgehead atoms. The van der Waals surface area contributed by atoms with Crippen LogP contribution in [0.4, 0.5) is 0 Å². The average molecular weight is 341 g/mol. The highest BCUT2D eigenvalue weighted by Gasteiger charge is 2.60. The van der Waals surface area contributed by atoms with Gasteiger partial charge in [-0.1, -0.05) is 49.2 Å². The molecule has 0 radical (unpaired) electrons. The molecular weight excluding hydrogens is 323 g/mol. The molecule has 0 spiro atoms. The Balaban J connectivity index is 1.96. The molecule has 0 aromatic heterocycles. The van der Waals surface area contributed by atoms with Crippen LogP contribution in [0.2, 0.25) is 0 Å². The van der Waals surface area contributed by atoms with Crippen LogP contribution in [0.5, 0.6) is 5.75 Å². The zero-order chi connectivity index (χ0) is 16.3. The lowest BCUT2D eigenvalue weighted by Crippen LogP contribution is -2.21. The molecule has 1 N–H and O–H groups in total. The monoisotopic (exact) mass is 340 g/mol. The normalized spacial score (nSPS) is 22.2. The largest absolute Gasteiger partial charge is 0.497 e. The smallest absolute Gasteiger partial charge is 0.244 e. The van der Waals surface area contributed by atoms with Gasteiger partial charge in [0.1, 0.15) is 10.2 Å². The second-order valence-corrected chi connectivity index (χ2v) is 6.80. The summed E-state index contributed by atoms with van der Waals surface area (Å²) in [5.41, 5.74) is 3.24. The maximum Gasteiger partial charge on any atom is 0.244 e. The number of nitrogens with one attached hydrogen (secondary N) is 1. The van der Waals surface area contributed by atoms with Crippen LogP contribution in [-0.4, -0.2) is 19.2 Å². The Labute approximate surface area is 140 Å². The molecule has 1 aromatic rings. The Morgan fingerprint density at radius 1 is 1.41 bits per heavy atom. The molecule has 2 rings (SSSR count). The molecule has 1 aliphatic rings. The van der Waals surface area contributed by atoms with Crippen LogP contribution < -0.4 is 10.2 Å². The van der Waals surface area contributed by atoms with Crippen molar-refractivity contribution in [2.75, 3.05) is 7.11 Å². The molecule has 0 saturated heterocycles. The summed E-state index contributed by atoms with van der Waals surface area (Å²) in [6, 6.07) is 7.40. The number of hydrogen-bond donors (Lipinski definition) is 1. The molecule has 1 aliphatic carbocycles. The van der Waals surface area contributed by atoms with Crippen molar-refractivity contribution in [3.8, 4) is 5.75 Å². The number of carbonyl (C=O) groups is 1. The van der Waals surface area contributed by atoms with E-state index in [0.717, 1.165) is 11.3 Å². The molecule has 2 atom stereocenters. The van der Waals surface area contributed by atoms with Crippen LogP contribution in [0.3, 0.4) is 0 Å². The second kappa shape index (κ2) is 6.71. The van der Waals surface area contributed by atoms with Crippen LogP contribution in [0.1, 0.15) is 19.4 Å². The van der Waals surface area contributed by atoms with E-state index in [1.165, 1.54) is 0 Å². The third-order valence-electron chi connectivity index (χ3n) is 3.98. The van der Waals surface area contributed by atoms with E-state index in [1.54, 1.807) is 19.4 Å². The first-order valence-corrected chi connectivity index (χ1v) is 7.61. The van der Waals surface area contributed by atoms with Gasteiger partial charge in [-0.15, -0.1) is 0 Å². The van der Waals surface area contributed by atoms with Gasteiger partial charge in [-0.2, -0.15) is 5.10 Å². The lowest BCUT2D eigenvalue weighted by molar-refractivity contribution is -0.123. The van der Waals surface area contributed by atoms with Crippen molar-refractivity contribution in [1.29, 1.82) is 0 Å². The summed E-state index contributed by atoms with van der Waals surface area (Å²) in [5, 5.41) is 3.99. The lowest BCUT2D eigenvalue weighted by Gasteiger charge is -2.02. The minimum Gasteiger partial charge on any atom is -0.497 e. The molecule has 22 heavy (non-hydrogen) atoms. The molecular formula is C16H18Cl2N2O2. The Bertz CT molecular complexity index is 622. The van der Waals surface area contributed by atoms with Crippen LogP contribution >= 0.6 is 23.2 Å². The fourth-order valence-electron chi connectivity index (χ4n) is 2.59. The first-order chi connectivity index (χ1) is 10.4. The molecule has 4 nitrogen and oxygen atoms in total. The topological polar surface area (TPSA) is 50.7 Å². The number of carbonyl (C=O) groups excluding carboxylic acids is 1. The van der Waals surface area contributed by atoms with Gasteiger partial charge >= 0.3 is 0 Å². The highest BCUT2D eigenvalue weighted by molar-refractivity contribution is 6.55. The highest BCUT2D eigenvalue weighted by atomic mass is 35.5. The highest BCUT2D eigenvalue weighted by Crippen LogP contribution is 2.59. The summed E-state index contributed by atoms with van der Waals surface area (Å²) in [6.45, 7) is 4.00. The number of methoxy groups -OCH3 is 1. The van der Waals surface area contributed by atoms with Crippen molar-refractivity contribution < 1.29 is 9.53 Å². The van der Waals surface area contributed by atoms with Gasteiger partial charge in [-0.05, 0) is 35.1 Å². The zero-order valence-corrected chi connectivity index (χ0v) is 14.2. The van der Waals surface area contributed by atoms with E-state index in [2.05, 4.69) is 10.5 Å². The van der Waals surface area contributed by atoms with E-state index in [9.17, 15) is 4.79 Å². The van der Waals surface area contributed by atoms with Gasteiger partial charge in [0.05, 0.1) is 19.2 Å². The van der Waals surface area contributed by atoms with E-state index in [1.807, 2.05) is 38.1 Å². The lowest BCUT2D eigenvalue weighted by atomic mass is 10.1. The van der Waals surface area contributed by atoms with Crippen LogP contribution in [-0.2, 0) is 4.79 Å². The predicted molar refractivity (Wildman–Crippen MR) is 89.3 cm³/mol. The van der Waals surface area contributed by atoms with Crippen LogP contribution in [0.15, 0.2) is 39.9 Å². The van der Waals surface area contributed by atoms with Gasteiger partial charge in [0, 0.05) is 0 Å². The number of rotatable bonds is 5. The molecule has 0 unspecified atom stereocenters. The standard InChI is InChI=1S/C16H18Cl2N2O2/c1-16(2)12(8-13(17)18)14(16)15(21)20-19-9-10-5-4-6-11(7-10)22-3/h4-9,12,14H,1-3H3,(H,20,21)/b19-9-/t12-,14-/m1/s1. The molecule has 1 saturated carbocycles. The number of benzene rings is 1. The molecule has 1 aromatic carbocycles. The summed E-state index contributed by atoms with van der Waals surface area (Å²) in [5.74, 6) is 0.451. The SMILES string of the molecule is COc1cccc(/C=N\NC(=O)[C@H]2[C@@H](C=C(Cl)Cl)C2(C)C)c1. The number of nitrogens with zero attached hydrogens (tertiary/aromatic N) is 1. The molecule has 0 aliphatic heterocycles. The first-order valence-electron chi connectivity index (χ1n) is 6.86. The maximum absolute atomic E-state index is 12.2. The number of hydrazone groups is 1. The van der Waals surface area contributed by atoms with E-state index < -0.39 is 0 Å². The van der Waals surface area contributed by atoms with E-state index in [4.69, 9.17) is 27.9 Å². The van der Waals surface area contributed by atoms with Crippen molar-refractivity contribution in [2.45, 2.75) is 13.8 Å². The number of allylic oxidation sites excluding steroid dienone is 1. The zero-order valence-electron chi connectivity index (χ0n) is 12.6. The van der Waals surface area contributed by atoms with Gasteiger partial charge in [0.25, 0.3) is 0 Å². The minimum absolute atomic E-state index is 0.0320. The number of halogens is 2. The van der Waals surface area contributed by atoms with Crippen molar-refractivity contribution >= 4 is 35.3 Å². The van der Waals surface area contributed by atoms with Gasteiger partial charge in [0.2, 0.25) is 5.91 Å². The fraction of sp³-hybridized carbons (Fsp3) is 0.375. The number of amides is 1. The summed E-state index contributed by atoms with van der Waals surface area (Å²) in [6.07, 6.45) is 3.29. The molecule has 1 amide bonds. The minimum atomic E-state index is -0.178. The quantitative estimate of drug-likeness (QED) is 0.655. The Morgan fingerprint density at radius 3 is 2.77 bits per heavy atom. The van der Waals surface area contributed by atoms with E-state index in [-0.39, 0.29) is 27.6 Å². The molecule has 1 fully saturated rings. The van der Waals surface area contributed by atoms with Crippen LogP contribution in [0.25, 0.3) is 0 Å². The van der Waals surface area contributed by atoms with Crippen molar-refractivity contribution in [3.05, 3.63) is 40.4 Å². The molecule has 0 heterocycles. The third-order valence-corrected chi connectivity index (χ3v) is 4.23. The molecule has 6 heteroatoms. The van der Waals surface area contributed by atoms with E-state index in [0.29, 0.717) is 0 Å². The van der Waals surface area contributed by atoms with Crippen LogP contribution in [0, 0.1) is 17.3 Å². The summed E-state index contributed by atoms with van der Waals surface area (Å²) in [4.78, 5) is 12.2. The van der Waals surface area contributed by atoms with Gasteiger partial charge in [-0.25, -0.2) is 5.43 Å². The summed E-state index contributed by atoms with van der Waals surface area (Å²) in [7, 11) is 1.60. The Hall–Kier alpha value is -1.52. The first kappa shape index (κ1) is 16.8. The fourth-order valence-corrected chi connectivity index (χ4v) is 2.86. The summed E-state index contributed by atoms with van der Waals surface area (Å²) < 4.78 is 5.32. The van der Waals surface area contributed by atoms with Gasteiger partial charge < -0.3 is 4.74 Å².